The number of ether oxygens (including phenoxy) is 2. The number of hydrogen-bond acceptors (Lipinski definition) is 10. The Balaban J connectivity index is 0.707. The van der Waals surface area contributed by atoms with Gasteiger partial charge in [-0.25, -0.2) is 13.8 Å². The lowest BCUT2D eigenvalue weighted by atomic mass is 9.95. The van der Waals surface area contributed by atoms with Gasteiger partial charge >= 0.3 is 6.18 Å². The third kappa shape index (κ3) is 11.7. The number of piperazine rings is 1. The predicted octanol–water partition coefficient (Wildman–Crippen LogP) is 9.02. The second-order valence-corrected chi connectivity index (χ2v) is 19.0. The quantitative estimate of drug-likeness (QED) is 0.0498. The summed E-state index contributed by atoms with van der Waals surface area (Å²) in [7, 11) is 0. The van der Waals surface area contributed by atoms with E-state index in [-0.39, 0.29) is 35.9 Å². The van der Waals surface area contributed by atoms with Gasteiger partial charge in [0.2, 0.25) is 17.8 Å². The van der Waals surface area contributed by atoms with E-state index in [1.807, 2.05) is 18.2 Å². The van der Waals surface area contributed by atoms with Crippen LogP contribution < -0.4 is 10.6 Å². The zero-order chi connectivity index (χ0) is 49.0. The highest BCUT2D eigenvalue weighted by Crippen LogP contribution is 2.39. The molecular formula is C52H59F5N8O5. The van der Waals surface area contributed by atoms with Gasteiger partial charge in [0.1, 0.15) is 11.7 Å². The first kappa shape index (κ1) is 49.2. The lowest BCUT2D eigenvalue weighted by molar-refractivity contribution is -0.138. The van der Waals surface area contributed by atoms with Crippen LogP contribution in [0.25, 0.3) is 22.2 Å². The van der Waals surface area contributed by atoms with Crippen LogP contribution in [-0.2, 0) is 50.7 Å². The molecule has 2 N–H and O–H groups in total. The number of amides is 3. The summed E-state index contributed by atoms with van der Waals surface area (Å²) < 4.78 is 83.5. The van der Waals surface area contributed by atoms with E-state index in [2.05, 4.69) is 60.4 Å². The Morgan fingerprint density at radius 1 is 0.786 bits per heavy atom. The summed E-state index contributed by atoms with van der Waals surface area (Å²) in [4.78, 5) is 52.6. The fourth-order valence-electron chi connectivity index (χ4n) is 10.1. The Kier molecular flexibility index (Phi) is 14.9. The number of imide groups is 1. The van der Waals surface area contributed by atoms with Gasteiger partial charge in [0.05, 0.1) is 25.4 Å². The van der Waals surface area contributed by atoms with Gasteiger partial charge in [-0.05, 0) is 78.6 Å². The molecule has 0 radical (unpaired) electrons. The molecule has 3 amide bonds. The number of benzene rings is 3. The molecule has 13 nitrogen and oxygen atoms in total. The largest absolute Gasteiger partial charge is 0.416 e. The summed E-state index contributed by atoms with van der Waals surface area (Å²) in [6, 6.07) is 16.2. The van der Waals surface area contributed by atoms with Crippen molar-refractivity contribution < 1.29 is 45.8 Å². The summed E-state index contributed by atoms with van der Waals surface area (Å²) >= 11 is 0. The molecule has 2 aromatic heterocycles. The van der Waals surface area contributed by atoms with E-state index in [0.717, 1.165) is 124 Å². The second-order valence-electron chi connectivity index (χ2n) is 19.0. The van der Waals surface area contributed by atoms with Gasteiger partial charge < -0.3 is 24.3 Å². The number of halogens is 5. The molecule has 1 atom stereocenters. The minimum absolute atomic E-state index is 0.0229. The molecule has 1 saturated carbocycles. The number of hydrogen-bond donors (Lipinski definition) is 2. The Bertz CT molecular complexity index is 2640. The van der Waals surface area contributed by atoms with E-state index in [9.17, 15) is 36.3 Å². The summed E-state index contributed by atoms with van der Waals surface area (Å²) in [5.74, 6) is -4.33. The van der Waals surface area contributed by atoms with E-state index in [1.54, 1.807) is 11.1 Å². The van der Waals surface area contributed by atoms with Crippen molar-refractivity contribution in [1.82, 2.24) is 34.6 Å². The van der Waals surface area contributed by atoms with Crippen LogP contribution >= 0.6 is 0 Å². The van der Waals surface area contributed by atoms with E-state index in [4.69, 9.17) is 14.5 Å². The number of carbonyl (C=O) groups excluding carboxylic acids is 3. The normalized spacial score (nSPS) is 18.7. The van der Waals surface area contributed by atoms with Crippen molar-refractivity contribution in [2.45, 2.75) is 102 Å². The molecule has 0 spiro atoms. The number of aromatic nitrogens is 3. The molecule has 18 heteroatoms. The molecule has 1 unspecified atom stereocenters. The number of piperidine rings is 1. The average molecular weight is 971 g/mol. The maximum absolute atomic E-state index is 14.3. The van der Waals surface area contributed by atoms with Crippen molar-refractivity contribution in [1.29, 1.82) is 0 Å². The molecule has 4 aliphatic rings. The highest BCUT2D eigenvalue weighted by atomic mass is 19.4. The summed E-state index contributed by atoms with van der Waals surface area (Å²) in [6.07, 6.45) is 6.39. The van der Waals surface area contributed by atoms with Crippen molar-refractivity contribution >= 4 is 40.4 Å². The van der Waals surface area contributed by atoms with Gasteiger partial charge in [0.15, 0.2) is 0 Å². The maximum atomic E-state index is 14.3. The van der Waals surface area contributed by atoms with Gasteiger partial charge in [0.25, 0.3) is 11.8 Å². The van der Waals surface area contributed by atoms with E-state index >= 15 is 0 Å². The fraction of sp³-hybridized carbons (Fsp3) is 0.481. The predicted molar refractivity (Wildman–Crippen MR) is 254 cm³/mol. The second kappa shape index (κ2) is 21.3. The minimum atomic E-state index is -4.81. The zero-order valence-electron chi connectivity index (χ0n) is 39.3. The third-order valence-electron chi connectivity index (χ3n) is 14.0. The van der Waals surface area contributed by atoms with Crippen LogP contribution in [0.3, 0.4) is 0 Å². The molecular weight excluding hydrogens is 912 g/mol. The van der Waals surface area contributed by atoms with Crippen molar-refractivity contribution in [2.24, 2.45) is 0 Å². The number of nitrogens with zero attached hydrogens (tertiary/aromatic N) is 6. The van der Waals surface area contributed by atoms with Crippen LogP contribution in [-0.4, -0.2) is 112 Å². The smallest absolute Gasteiger partial charge is 0.379 e. The van der Waals surface area contributed by atoms with Crippen LogP contribution in [0, 0.1) is 0 Å². The molecule has 372 valence electrons. The zero-order valence-corrected chi connectivity index (χ0v) is 39.3. The Morgan fingerprint density at radius 2 is 1.50 bits per heavy atom. The van der Waals surface area contributed by atoms with Crippen molar-refractivity contribution in [2.75, 3.05) is 64.5 Å². The number of rotatable bonds is 18. The topological polar surface area (TPSA) is 134 Å². The number of aryl methyl sites for hydroxylation is 1. The van der Waals surface area contributed by atoms with E-state index in [0.29, 0.717) is 63.6 Å². The molecule has 3 aliphatic heterocycles. The lowest BCUT2D eigenvalue weighted by Gasteiger charge is -2.34. The first-order valence-corrected chi connectivity index (χ1v) is 24.4. The van der Waals surface area contributed by atoms with E-state index in [1.165, 1.54) is 5.56 Å². The maximum Gasteiger partial charge on any atom is 0.416 e. The third-order valence-corrected chi connectivity index (χ3v) is 14.0. The SMILES string of the molecule is CC(F)(F)c1cc(Nc2ncc3c(-c4ccc(CN5CCN(CCOCCOCCCc6ccc7c(c6)CN(C6CCC(=O)NC6=O)C7=O)CC5)cc4)cn(C4CCCCC4)c3n2)cc(C(F)(F)F)c1. The summed E-state index contributed by atoms with van der Waals surface area (Å²) in [5, 5.41) is 5.93. The number of anilines is 2. The first-order valence-electron chi connectivity index (χ1n) is 24.4. The Hall–Kier alpha value is -5.82. The number of carbonyl (C=O) groups is 3. The van der Waals surface area contributed by atoms with E-state index < -0.39 is 35.2 Å². The van der Waals surface area contributed by atoms with Crippen molar-refractivity contribution in [3.63, 3.8) is 0 Å². The van der Waals surface area contributed by atoms with Gasteiger partial charge in [-0.3, -0.25) is 29.5 Å². The molecule has 5 aromatic rings. The lowest BCUT2D eigenvalue weighted by Crippen LogP contribution is -2.52. The average Bonchev–Trinajstić information content (AvgIpc) is 3.88. The first-order chi connectivity index (χ1) is 33.7. The van der Waals surface area contributed by atoms with Gasteiger partial charge in [-0.2, -0.15) is 18.2 Å². The standard InChI is InChI=1S/C52H59F5N8O5/c1-51(53,54)38-27-39(52(55,56)57)29-40(28-38)59-50-58-30-43-44(33-64(47(43)61-50)41-7-3-2-4-8-41)36-12-9-35(10-13-36)31-63-19-17-62(18-20-63)21-23-70-25-24-69-22-5-6-34-11-14-42-37(26-34)32-65(49(42)68)45-15-16-46(66)60-48(45)67/h9-14,26-30,33,41,45H,2-8,15-25,31-32H2,1H3,(H,58,59,61)(H,60,66,67). The fourth-order valence-corrected chi connectivity index (χ4v) is 10.1. The highest BCUT2D eigenvalue weighted by molar-refractivity contribution is 6.05. The molecule has 3 fully saturated rings. The molecule has 3 aromatic carbocycles. The number of nitrogens with one attached hydrogen (secondary N) is 2. The molecule has 70 heavy (non-hydrogen) atoms. The molecule has 5 heterocycles. The van der Waals surface area contributed by atoms with Crippen molar-refractivity contribution in [3.8, 4) is 11.1 Å². The monoisotopic (exact) mass is 970 g/mol. The van der Waals surface area contributed by atoms with Crippen molar-refractivity contribution in [3.05, 3.63) is 106 Å². The highest BCUT2D eigenvalue weighted by Gasteiger charge is 2.39. The van der Waals surface area contributed by atoms with Crippen LogP contribution in [0.4, 0.5) is 33.6 Å². The molecule has 0 bridgehead atoms. The summed E-state index contributed by atoms with van der Waals surface area (Å²) in [6.45, 7) is 8.64. The Morgan fingerprint density at radius 3 is 2.23 bits per heavy atom. The van der Waals surface area contributed by atoms with Crippen LogP contribution in [0.15, 0.2) is 73.1 Å². The Labute approximate surface area is 403 Å². The van der Waals surface area contributed by atoms with Gasteiger partial charge in [0, 0.05) is 112 Å². The molecule has 9 rings (SSSR count). The van der Waals surface area contributed by atoms with Gasteiger partial charge in [-0.15, -0.1) is 0 Å². The minimum Gasteiger partial charge on any atom is -0.379 e. The van der Waals surface area contributed by atoms with Gasteiger partial charge in [-0.1, -0.05) is 55.7 Å². The van der Waals surface area contributed by atoms with Crippen LogP contribution in [0.2, 0.25) is 0 Å². The van der Waals surface area contributed by atoms with Crippen LogP contribution in [0.5, 0.6) is 0 Å². The molecule has 2 saturated heterocycles. The summed E-state index contributed by atoms with van der Waals surface area (Å²) in [5.41, 5.74) is 4.30. The number of alkyl halides is 5. The molecule has 1 aliphatic carbocycles. The number of fused-ring (bicyclic) bond motifs is 2. The van der Waals surface area contributed by atoms with Crippen LogP contribution in [0.1, 0.15) is 103 Å².